The number of β-amino-alcohol motifs (C(OH)–C–C–N with tert-alkyl or cyclic N) is 1. The first kappa shape index (κ1) is 15.0. The second kappa shape index (κ2) is 5.93. The number of amides is 2. The lowest BCUT2D eigenvalue weighted by atomic mass is 9.91. The highest BCUT2D eigenvalue weighted by molar-refractivity contribution is 9.10. The minimum absolute atomic E-state index is 0.0469. The van der Waals surface area contributed by atoms with Crippen LogP contribution in [-0.2, 0) is 4.79 Å². The minimum Gasteiger partial charge on any atom is -0.386 e. The quantitative estimate of drug-likeness (QED) is 0.864. The molecule has 6 heteroatoms. The van der Waals surface area contributed by atoms with E-state index in [1.807, 2.05) is 6.92 Å². The number of rotatable bonds is 4. The fourth-order valence-corrected chi connectivity index (χ4v) is 2.30. The molecule has 2 rings (SSSR count). The molecule has 5 nitrogen and oxygen atoms in total. The van der Waals surface area contributed by atoms with Gasteiger partial charge in [0, 0.05) is 10.0 Å². The van der Waals surface area contributed by atoms with Crippen LogP contribution in [0.2, 0.25) is 0 Å². The van der Waals surface area contributed by atoms with Gasteiger partial charge in [-0.15, -0.1) is 0 Å². The summed E-state index contributed by atoms with van der Waals surface area (Å²) in [6, 6.07) is 6.91. The maximum atomic E-state index is 11.8. The lowest BCUT2D eigenvalue weighted by Gasteiger charge is -2.46. The van der Waals surface area contributed by atoms with Gasteiger partial charge >= 0.3 is 0 Å². The summed E-state index contributed by atoms with van der Waals surface area (Å²) in [7, 11) is 0. The monoisotopic (exact) mass is 340 g/mol. The predicted octanol–water partition coefficient (Wildman–Crippen LogP) is 1.16. The molecule has 2 N–H and O–H groups in total. The fraction of sp³-hybridized carbons (Fsp3) is 0.429. The highest BCUT2D eigenvalue weighted by Crippen LogP contribution is 2.23. The molecule has 0 atom stereocenters. The molecular weight excluding hydrogens is 324 g/mol. The largest absolute Gasteiger partial charge is 0.386 e. The number of hydrogen-bond donors (Lipinski definition) is 2. The van der Waals surface area contributed by atoms with Crippen LogP contribution in [0.1, 0.15) is 23.7 Å². The van der Waals surface area contributed by atoms with Gasteiger partial charge in [-0.3, -0.25) is 9.59 Å². The molecule has 1 fully saturated rings. The molecule has 1 saturated heterocycles. The third-order valence-electron chi connectivity index (χ3n) is 3.49. The third-order valence-corrected chi connectivity index (χ3v) is 4.02. The SMILES string of the molecule is CCC1(O)CN(C(=O)CNC(=O)c2ccc(Br)cc2)C1. The lowest BCUT2D eigenvalue weighted by molar-refractivity contribution is -0.154. The third kappa shape index (κ3) is 3.37. The second-order valence-corrected chi connectivity index (χ2v) is 5.93. The molecule has 0 radical (unpaired) electrons. The van der Waals surface area contributed by atoms with E-state index in [0.29, 0.717) is 25.1 Å². The van der Waals surface area contributed by atoms with Crippen molar-refractivity contribution in [2.75, 3.05) is 19.6 Å². The summed E-state index contributed by atoms with van der Waals surface area (Å²) in [5.74, 6) is -0.453. The van der Waals surface area contributed by atoms with Gasteiger partial charge in [-0.1, -0.05) is 22.9 Å². The first-order valence-electron chi connectivity index (χ1n) is 6.47. The van der Waals surface area contributed by atoms with Crippen molar-refractivity contribution >= 4 is 27.7 Å². The molecule has 108 valence electrons. The zero-order valence-electron chi connectivity index (χ0n) is 11.2. The number of likely N-dealkylation sites (tertiary alicyclic amines) is 1. The number of aliphatic hydroxyl groups is 1. The Morgan fingerprint density at radius 1 is 1.35 bits per heavy atom. The van der Waals surface area contributed by atoms with Crippen LogP contribution in [0.5, 0.6) is 0 Å². The summed E-state index contributed by atoms with van der Waals surface area (Å²) in [5.41, 5.74) is -0.236. The number of nitrogens with zero attached hydrogens (tertiary/aromatic N) is 1. The van der Waals surface area contributed by atoms with Crippen molar-refractivity contribution in [2.45, 2.75) is 18.9 Å². The number of carbonyl (C=O) groups excluding carboxylic acids is 2. The molecule has 0 bridgehead atoms. The Morgan fingerprint density at radius 2 is 1.95 bits per heavy atom. The van der Waals surface area contributed by atoms with E-state index < -0.39 is 5.60 Å². The van der Waals surface area contributed by atoms with E-state index >= 15 is 0 Å². The second-order valence-electron chi connectivity index (χ2n) is 5.02. The predicted molar refractivity (Wildman–Crippen MR) is 78.3 cm³/mol. The molecule has 1 heterocycles. The molecule has 1 aromatic carbocycles. The van der Waals surface area contributed by atoms with Crippen LogP contribution in [0.4, 0.5) is 0 Å². The molecule has 20 heavy (non-hydrogen) atoms. The van der Waals surface area contributed by atoms with Gasteiger partial charge in [0.05, 0.1) is 25.2 Å². The topological polar surface area (TPSA) is 69.6 Å². The Bertz CT molecular complexity index is 510. The smallest absolute Gasteiger partial charge is 0.251 e. The van der Waals surface area contributed by atoms with Crippen molar-refractivity contribution in [3.63, 3.8) is 0 Å². The van der Waals surface area contributed by atoms with Gasteiger partial charge < -0.3 is 15.3 Å². The van der Waals surface area contributed by atoms with Crippen LogP contribution in [0.25, 0.3) is 0 Å². The van der Waals surface area contributed by atoms with Gasteiger partial charge in [0.25, 0.3) is 5.91 Å². The Balaban J connectivity index is 1.79. The number of hydrogen-bond acceptors (Lipinski definition) is 3. The zero-order chi connectivity index (χ0) is 14.8. The first-order chi connectivity index (χ1) is 9.43. The van der Waals surface area contributed by atoms with Crippen molar-refractivity contribution in [3.05, 3.63) is 34.3 Å². The van der Waals surface area contributed by atoms with E-state index in [1.165, 1.54) is 0 Å². The van der Waals surface area contributed by atoms with Crippen molar-refractivity contribution in [3.8, 4) is 0 Å². The van der Waals surface area contributed by atoms with Crippen LogP contribution in [0.15, 0.2) is 28.7 Å². The van der Waals surface area contributed by atoms with Crippen molar-refractivity contribution in [1.82, 2.24) is 10.2 Å². The van der Waals surface area contributed by atoms with Gasteiger partial charge in [0.15, 0.2) is 0 Å². The van der Waals surface area contributed by atoms with Gasteiger partial charge in [-0.2, -0.15) is 0 Å². The van der Waals surface area contributed by atoms with Crippen molar-refractivity contribution in [1.29, 1.82) is 0 Å². The summed E-state index contributed by atoms with van der Waals surface area (Å²) in [6.07, 6.45) is 0.627. The summed E-state index contributed by atoms with van der Waals surface area (Å²) in [6.45, 7) is 2.53. The van der Waals surface area contributed by atoms with Gasteiger partial charge in [-0.05, 0) is 30.7 Å². The molecule has 0 aliphatic carbocycles. The Kier molecular flexibility index (Phi) is 4.45. The van der Waals surface area contributed by atoms with E-state index in [9.17, 15) is 14.7 Å². The number of halogens is 1. The van der Waals surface area contributed by atoms with Gasteiger partial charge in [0.2, 0.25) is 5.91 Å². The molecule has 1 aliphatic heterocycles. The Labute approximate surface area is 126 Å². The van der Waals surface area contributed by atoms with E-state index in [4.69, 9.17) is 0 Å². The molecule has 0 saturated carbocycles. The average molecular weight is 341 g/mol. The molecule has 0 aromatic heterocycles. The van der Waals surface area contributed by atoms with Crippen LogP contribution in [0, 0.1) is 0 Å². The standard InChI is InChI=1S/C14H17BrN2O3/c1-2-14(20)8-17(9-14)12(18)7-16-13(19)10-3-5-11(15)6-4-10/h3-6,20H,2,7-9H2,1H3,(H,16,19). The summed E-state index contributed by atoms with van der Waals surface area (Å²) >= 11 is 3.29. The van der Waals surface area contributed by atoms with Crippen LogP contribution in [0.3, 0.4) is 0 Å². The number of carbonyl (C=O) groups is 2. The van der Waals surface area contributed by atoms with E-state index in [1.54, 1.807) is 29.2 Å². The first-order valence-corrected chi connectivity index (χ1v) is 7.27. The summed E-state index contributed by atoms with van der Waals surface area (Å²) in [5, 5.41) is 12.4. The molecule has 1 aromatic rings. The normalized spacial score (nSPS) is 16.4. The molecule has 2 amide bonds. The highest BCUT2D eigenvalue weighted by Gasteiger charge is 2.41. The number of nitrogens with one attached hydrogen (secondary N) is 1. The van der Waals surface area contributed by atoms with Gasteiger partial charge in [0.1, 0.15) is 0 Å². The van der Waals surface area contributed by atoms with E-state index in [2.05, 4.69) is 21.2 Å². The van der Waals surface area contributed by atoms with E-state index in [0.717, 1.165) is 4.47 Å². The fourth-order valence-electron chi connectivity index (χ4n) is 2.04. The summed E-state index contributed by atoms with van der Waals surface area (Å²) in [4.78, 5) is 25.2. The maximum Gasteiger partial charge on any atom is 0.251 e. The van der Waals surface area contributed by atoms with Crippen molar-refractivity contribution in [2.24, 2.45) is 0 Å². The number of benzene rings is 1. The lowest BCUT2D eigenvalue weighted by Crippen LogP contribution is -2.64. The van der Waals surface area contributed by atoms with Crippen molar-refractivity contribution < 1.29 is 14.7 Å². The average Bonchev–Trinajstić information content (AvgIpc) is 2.41. The van der Waals surface area contributed by atoms with Crippen LogP contribution in [-0.4, -0.2) is 47.1 Å². The Morgan fingerprint density at radius 3 is 2.50 bits per heavy atom. The zero-order valence-corrected chi connectivity index (χ0v) is 12.8. The summed E-state index contributed by atoms with van der Waals surface area (Å²) < 4.78 is 0.893. The van der Waals surface area contributed by atoms with Crippen LogP contribution >= 0.6 is 15.9 Å². The molecule has 1 aliphatic rings. The minimum atomic E-state index is -0.745. The molecular formula is C14H17BrN2O3. The van der Waals surface area contributed by atoms with E-state index in [-0.39, 0.29) is 18.4 Å². The maximum absolute atomic E-state index is 11.8. The molecule has 0 unspecified atom stereocenters. The molecule has 0 spiro atoms. The van der Waals surface area contributed by atoms with Gasteiger partial charge in [-0.25, -0.2) is 0 Å². The Hall–Kier alpha value is -1.40. The highest BCUT2D eigenvalue weighted by atomic mass is 79.9. The van der Waals surface area contributed by atoms with Crippen LogP contribution < -0.4 is 5.32 Å².